The van der Waals surface area contributed by atoms with E-state index < -0.39 is 0 Å². The zero-order valence-electron chi connectivity index (χ0n) is 14.2. The molecule has 1 aliphatic heterocycles. The Labute approximate surface area is 143 Å². The third-order valence-electron chi connectivity index (χ3n) is 5.12. The van der Waals surface area contributed by atoms with Crippen molar-refractivity contribution in [3.8, 4) is 0 Å². The quantitative estimate of drug-likeness (QED) is 0.867. The molecule has 2 aliphatic rings. The second kappa shape index (κ2) is 7.79. The lowest BCUT2D eigenvalue weighted by molar-refractivity contribution is -0.128. The summed E-state index contributed by atoms with van der Waals surface area (Å²) in [6.45, 7) is 2.10. The second-order valence-corrected chi connectivity index (χ2v) is 7.08. The molecule has 1 aromatic rings. The molecule has 0 radical (unpaired) electrons. The van der Waals surface area contributed by atoms with E-state index in [0.717, 1.165) is 49.8 Å². The summed E-state index contributed by atoms with van der Waals surface area (Å²) in [5.74, 6) is 0.433. The summed E-state index contributed by atoms with van der Waals surface area (Å²) in [6, 6.07) is 8.32. The molecule has 3 rings (SSSR count). The number of carbonyl (C=O) groups is 2. The van der Waals surface area contributed by atoms with Crippen molar-refractivity contribution in [2.75, 3.05) is 6.54 Å². The van der Waals surface area contributed by atoms with Crippen LogP contribution in [0.2, 0.25) is 0 Å². The largest absolute Gasteiger partial charge is 0.352 e. The van der Waals surface area contributed by atoms with Gasteiger partial charge in [0, 0.05) is 38.0 Å². The number of hydrogen-bond donors (Lipinski definition) is 2. The zero-order chi connectivity index (χ0) is 16.9. The average Bonchev–Trinajstić information content (AvgIpc) is 2.99. The molecule has 2 unspecified atom stereocenters. The summed E-state index contributed by atoms with van der Waals surface area (Å²) in [4.78, 5) is 25.8. The minimum atomic E-state index is 0.0641. The van der Waals surface area contributed by atoms with E-state index in [2.05, 4.69) is 5.32 Å². The molecule has 1 saturated carbocycles. The standard InChI is InChI=1S/C19H27N3O2/c20-17-4-1-3-16(11-17)19(24)21-12-14-6-8-15(9-7-14)13-22-10-2-5-18(22)23/h6-9,16-17H,1-5,10-13,20H2,(H,21,24). The minimum absolute atomic E-state index is 0.0641. The van der Waals surface area contributed by atoms with Crippen molar-refractivity contribution < 1.29 is 9.59 Å². The molecule has 1 aromatic carbocycles. The predicted octanol–water partition coefficient (Wildman–Crippen LogP) is 1.94. The number of hydrogen-bond acceptors (Lipinski definition) is 3. The lowest BCUT2D eigenvalue weighted by Crippen LogP contribution is -2.37. The SMILES string of the molecule is NC1CCCC(C(=O)NCc2ccc(CN3CCCC3=O)cc2)C1. The summed E-state index contributed by atoms with van der Waals surface area (Å²) >= 11 is 0. The molecule has 130 valence electrons. The van der Waals surface area contributed by atoms with Crippen molar-refractivity contribution in [2.45, 2.75) is 57.7 Å². The molecule has 1 aliphatic carbocycles. The van der Waals surface area contributed by atoms with Crippen molar-refractivity contribution >= 4 is 11.8 Å². The van der Waals surface area contributed by atoms with Crippen LogP contribution in [0.4, 0.5) is 0 Å². The molecule has 2 fully saturated rings. The number of benzene rings is 1. The Morgan fingerprint density at radius 1 is 1.17 bits per heavy atom. The van der Waals surface area contributed by atoms with E-state index in [1.54, 1.807) is 0 Å². The normalized spacial score (nSPS) is 24.2. The summed E-state index contributed by atoms with van der Waals surface area (Å²) in [6.07, 6.45) is 5.47. The van der Waals surface area contributed by atoms with E-state index in [9.17, 15) is 9.59 Å². The second-order valence-electron chi connectivity index (χ2n) is 7.08. The molecule has 5 nitrogen and oxygen atoms in total. The smallest absolute Gasteiger partial charge is 0.223 e. The number of nitrogens with zero attached hydrogens (tertiary/aromatic N) is 1. The molecule has 0 aromatic heterocycles. The number of rotatable bonds is 5. The van der Waals surface area contributed by atoms with Crippen LogP contribution >= 0.6 is 0 Å². The first kappa shape index (κ1) is 17.0. The fourth-order valence-corrected chi connectivity index (χ4v) is 3.65. The van der Waals surface area contributed by atoms with Gasteiger partial charge in [-0.2, -0.15) is 0 Å². The average molecular weight is 329 g/mol. The Balaban J connectivity index is 1.47. The topological polar surface area (TPSA) is 75.4 Å². The van der Waals surface area contributed by atoms with Crippen molar-refractivity contribution in [1.29, 1.82) is 0 Å². The zero-order valence-corrected chi connectivity index (χ0v) is 14.2. The van der Waals surface area contributed by atoms with Gasteiger partial charge >= 0.3 is 0 Å². The Bertz CT molecular complexity index is 585. The van der Waals surface area contributed by atoms with E-state index in [1.807, 2.05) is 29.2 Å². The van der Waals surface area contributed by atoms with Crippen LogP contribution in [-0.4, -0.2) is 29.3 Å². The van der Waals surface area contributed by atoms with Gasteiger partial charge in [0.15, 0.2) is 0 Å². The lowest BCUT2D eigenvalue weighted by Gasteiger charge is -2.25. The first-order valence-electron chi connectivity index (χ1n) is 9.00. The number of nitrogens with two attached hydrogens (primary N) is 1. The van der Waals surface area contributed by atoms with E-state index in [1.165, 1.54) is 0 Å². The van der Waals surface area contributed by atoms with Crippen molar-refractivity contribution in [2.24, 2.45) is 11.7 Å². The third-order valence-corrected chi connectivity index (χ3v) is 5.12. The van der Waals surface area contributed by atoms with E-state index in [0.29, 0.717) is 19.5 Å². The summed E-state index contributed by atoms with van der Waals surface area (Å²) in [7, 11) is 0. The van der Waals surface area contributed by atoms with Crippen LogP contribution < -0.4 is 11.1 Å². The van der Waals surface area contributed by atoms with Gasteiger partial charge in [-0.05, 0) is 36.8 Å². The number of carbonyl (C=O) groups excluding carboxylic acids is 2. The molecule has 24 heavy (non-hydrogen) atoms. The van der Waals surface area contributed by atoms with Gasteiger partial charge in [0.2, 0.25) is 11.8 Å². The van der Waals surface area contributed by atoms with E-state index in [4.69, 9.17) is 5.73 Å². The number of nitrogens with one attached hydrogen (secondary N) is 1. The van der Waals surface area contributed by atoms with E-state index in [-0.39, 0.29) is 23.8 Å². The lowest BCUT2D eigenvalue weighted by atomic mass is 9.85. The molecule has 5 heteroatoms. The fourth-order valence-electron chi connectivity index (χ4n) is 3.65. The Hall–Kier alpha value is -1.88. The number of amides is 2. The summed E-state index contributed by atoms with van der Waals surface area (Å²) in [5.41, 5.74) is 8.18. The first-order chi connectivity index (χ1) is 11.6. The molecule has 1 saturated heterocycles. The predicted molar refractivity (Wildman–Crippen MR) is 92.9 cm³/mol. The molecule has 2 amide bonds. The molecule has 1 heterocycles. The molecule has 0 spiro atoms. The van der Waals surface area contributed by atoms with Crippen molar-refractivity contribution in [3.63, 3.8) is 0 Å². The van der Waals surface area contributed by atoms with Crippen LogP contribution in [0.5, 0.6) is 0 Å². The van der Waals surface area contributed by atoms with Crippen LogP contribution in [0.1, 0.15) is 49.7 Å². The molecular weight excluding hydrogens is 302 g/mol. The van der Waals surface area contributed by atoms with Crippen LogP contribution in [0.15, 0.2) is 24.3 Å². The summed E-state index contributed by atoms with van der Waals surface area (Å²) in [5, 5.41) is 3.03. The Morgan fingerprint density at radius 3 is 2.58 bits per heavy atom. The highest BCUT2D eigenvalue weighted by molar-refractivity contribution is 5.79. The monoisotopic (exact) mass is 329 g/mol. The van der Waals surface area contributed by atoms with Gasteiger partial charge in [-0.1, -0.05) is 30.7 Å². The Morgan fingerprint density at radius 2 is 1.92 bits per heavy atom. The molecule has 3 N–H and O–H groups in total. The molecule has 2 atom stereocenters. The molecular formula is C19H27N3O2. The maximum Gasteiger partial charge on any atom is 0.223 e. The van der Waals surface area contributed by atoms with Crippen LogP contribution in [0.3, 0.4) is 0 Å². The summed E-state index contributed by atoms with van der Waals surface area (Å²) < 4.78 is 0. The van der Waals surface area contributed by atoms with Gasteiger partial charge in [0.25, 0.3) is 0 Å². The fraction of sp³-hybridized carbons (Fsp3) is 0.579. The van der Waals surface area contributed by atoms with Crippen LogP contribution in [0.25, 0.3) is 0 Å². The van der Waals surface area contributed by atoms with E-state index >= 15 is 0 Å². The van der Waals surface area contributed by atoms with Gasteiger partial charge in [0.1, 0.15) is 0 Å². The highest BCUT2D eigenvalue weighted by atomic mass is 16.2. The van der Waals surface area contributed by atoms with Gasteiger partial charge < -0.3 is 16.0 Å². The van der Waals surface area contributed by atoms with Gasteiger partial charge in [0.05, 0.1) is 0 Å². The third kappa shape index (κ3) is 4.35. The maximum absolute atomic E-state index is 12.2. The van der Waals surface area contributed by atoms with Crippen molar-refractivity contribution in [1.82, 2.24) is 10.2 Å². The Kier molecular flexibility index (Phi) is 5.51. The van der Waals surface area contributed by atoms with Gasteiger partial charge in [-0.15, -0.1) is 0 Å². The van der Waals surface area contributed by atoms with Crippen LogP contribution in [-0.2, 0) is 22.7 Å². The maximum atomic E-state index is 12.2. The highest BCUT2D eigenvalue weighted by Crippen LogP contribution is 2.23. The van der Waals surface area contributed by atoms with Gasteiger partial charge in [-0.25, -0.2) is 0 Å². The minimum Gasteiger partial charge on any atom is -0.352 e. The van der Waals surface area contributed by atoms with Crippen molar-refractivity contribution in [3.05, 3.63) is 35.4 Å². The highest BCUT2D eigenvalue weighted by Gasteiger charge is 2.25. The first-order valence-corrected chi connectivity index (χ1v) is 9.00. The van der Waals surface area contributed by atoms with Gasteiger partial charge in [-0.3, -0.25) is 9.59 Å². The molecule has 0 bridgehead atoms. The van der Waals surface area contributed by atoms with Crippen LogP contribution in [0, 0.1) is 5.92 Å². The number of likely N-dealkylation sites (tertiary alicyclic amines) is 1.